The second kappa shape index (κ2) is 6.11. The summed E-state index contributed by atoms with van der Waals surface area (Å²) in [6.07, 6.45) is 2.47. The fourth-order valence-corrected chi connectivity index (χ4v) is 2.49. The minimum atomic E-state index is -0.111. The second-order valence-corrected chi connectivity index (χ2v) is 5.34. The molecule has 6 heteroatoms. The predicted molar refractivity (Wildman–Crippen MR) is 85.7 cm³/mol. The van der Waals surface area contributed by atoms with Crippen LogP contribution in [-0.2, 0) is 13.5 Å². The minimum Gasteiger partial charge on any atom is -0.394 e. The van der Waals surface area contributed by atoms with Gasteiger partial charge in [0.2, 0.25) is 0 Å². The topological polar surface area (TPSA) is 75.9 Å². The van der Waals surface area contributed by atoms with Gasteiger partial charge < -0.3 is 10.4 Å². The van der Waals surface area contributed by atoms with Gasteiger partial charge in [-0.3, -0.25) is 4.68 Å². The summed E-state index contributed by atoms with van der Waals surface area (Å²) in [5.74, 6) is 1.39. The molecule has 0 unspecified atom stereocenters. The molecule has 1 atom stereocenters. The molecule has 0 radical (unpaired) electrons. The highest BCUT2D eigenvalue weighted by atomic mass is 16.3. The van der Waals surface area contributed by atoms with Gasteiger partial charge in [0.25, 0.3) is 0 Å². The largest absolute Gasteiger partial charge is 0.394 e. The third kappa shape index (κ3) is 2.92. The number of hydrogen-bond donors (Lipinski definition) is 2. The van der Waals surface area contributed by atoms with E-state index in [0.717, 1.165) is 17.5 Å². The number of aliphatic hydroxyl groups is 1. The van der Waals surface area contributed by atoms with Gasteiger partial charge in [0.05, 0.1) is 24.2 Å². The molecule has 0 saturated heterocycles. The Morgan fingerprint density at radius 1 is 1.23 bits per heavy atom. The number of hydrogen-bond acceptors (Lipinski definition) is 5. The fourth-order valence-electron chi connectivity index (χ4n) is 2.49. The van der Waals surface area contributed by atoms with Crippen LogP contribution in [0.15, 0.2) is 36.5 Å². The average molecular weight is 297 g/mol. The lowest BCUT2D eigenvalue weighted by Crippen LogP contribution is -2.27. The number of benzene rings is 1. The van der Waals surface area contributed by atoms with Crippen LogP contribution in [0.4, 0.5) is 5.82 Å². The second-order valence-electron chi connectivity index (χ2n) is 5.34. The highest BCUT2D eigenvalue weighted by Gasteiger charge is 2.14. The Bertz CT molecular complexity index is 769. The van der Waals surface area contributed by atoms with Gasteiger partial charge in [0.15, 0.2) is 5.65 Å². The maximum absolute atomic E-state index is 9.67. The maximum Gasteiger partial charge on any atom is 0.163 e. The third-order valence-corrected chi connectivity index (χ3v) is 3.59. The van der Waals surface area contributed by atoms with Crippen molar-refractivity contribution >= 4 is 16.9 Å². The number of fused-ring (bicyclic) bond motifs is 1. The number of aryl methyl sites for hydroxylation is 2. The van der Waals surface area contributed by atoms with E-state index in [9.17, 15) is 5.11 Å². The molecule has 0 aliphatic heterocycles. The van der Waals surface area contributed by atoms with Crippen molar-refractivity contribution in [2.24, 2.45) is 7.05 Å². The highest BCUT2D eigenvalue weighted by Crippen LogP contribution is 2.20. The van der Waals surface area contributed by atoms with Crippen LogP contribution in [0.3, 0.4) is 0 Å². The summed E-state index contributed by atoms with van der Waals surface area (Å²) in [5.41, 5.74) is 1.95. The maximum atomic E-state index is 9.67. The molecule has 0 aliphatic carbocycles. The molecule has 3 rings (SSSR count). The highest BCUT2D eigenvalue weighted by molar-refractivity contribution is 5.86. The van der Waals surface area contributed by atoms with Gasteiger partial charge in [-0.05, 0) is 18.9 Å². The molecule has 0 fully saturated rings. The Morgan fingerprint density at radius 2 is 2.00 bits per heavy atom. The van der Waals surface area contributed by atoms with Crippen molar-refractivity contribution in [1.29, 1.82) is 0 Å². The first-order chi connectivity index (χ1) is 10.7. The number of nitrogens with one attached hydrogen (secondary N) is 1. The van der Waals surface area contributed by atoms with Crippen LogP contribution >= 0.6 is 0 Å². The van der Waals surface area contributed by atoms with Crippen LogP contribution in [0, 0.1) is 6.92 Å². The number of nitrogens with zero attached hydrogens (tertiary/aromatic N) is 4. The van der Waals surface area contributed by atoms with E-state index in [-0.39, 0.29) is 12.6 Å². The van der Waals surface area contributed by atoms with Crippen molar-refractivity contribution < 1.29 is 5.11 Å². The summed E-state index contributed by atoms with van der Waals surface area (Å²) in [4.78, 5) is 8.86. The van der Waals surface area contributed by atoms with Gasteiger partial charge >= 0.3 is 0 Å². The number of anilines is 1. The molecule has 0 amide bonds. The van der Waals surface area contributed by atoms with Crippen LogP contribution in [0.25, 0.3) is 11.0 Å². The van der Waals surface area contributed by atoms with E-state index in [0.29, 0.717) is 11.6 Å². The first-order valence-corrected chi connectivity index (χ1v) is 7.25. The lowest BCUT2D eigenvalue weighted by Gasteiger charge is -2.17. The van der Waals surface area contributed by atoms with E-state index < -0.39 is 0 Å². The van der Waals surface area contributed by atoms with Crippen LogP contribution in [-0.4, -0.2) is 37.5 Å². The zero-order valence-electron chi connectivity index (χ0n) is 12.7. The molecule has 0 spiro atoms. The first kappa shape index (κ1) is 14.5. The number of rotatable bonds is 5. The Labute approximate surface area is 128 Å². The average Bonchev–Trinajstić information content (AvgIpc) is 2.89. The molecule has 6 nitrogen and oxygen atoms in total. The molecule has 0 bridgehead atoms. The molecule has 2 N–H and O–H groups in total. The molecule has 3 aromatic rings. The summed E-state index contributed by atoms with van der Waals surface area (Å²) in [5, 5.41) is 18.1. The molecule has 0 saturated carbocycles. The lowest BCUT2D eigenvalue weighted by atomic mass is 10.1. The lowest BCUT2D eigenvalue weighted by molar-refractivity contribution is 0.273. The van der Waals surface area contributed by atoms with Crippen LogP contribution in [0.5, 0.6) is 0 Å². The smallest absolute Gasteiger partial charge is 0.163 e. The van der Waals surface area contributed by atoms with Gasteiger partial charge in [0.1, 0.15) is 11.6 Å². The number of aliphatic hydroxyl groups excluding tert-OH is 1. The Balaban J connectivity index is 1.87. The van der Waals surface area contributed by atoms with Gasteiger partial charge in [-0.25, -0.2) is 9.97 Å². The van der Waals surface area contributed by atoms with Gasteiger partial charge in [-0.2, -0.15) is 5.10 Å². The van der Waals surface area contributed by atoms with Crippen molar-refractivity contribution in [3.63, 3.8) is 0 Å². The SMILES string of the molecule is Cc1nc(N[C@@H](CO)Cc2ccccc2)c2cnn(C)c2n1. The standard InChI is InChI=1S/C16H19N5O/c1-11-18-15(14-9-17-21(2)16(14)19-11)20-13(10-22)8-12-6-4-3-5-7-12/h3-7,9,13,22H,8,10H2,1-2H3,(H,18,19,20)/t13-/m1/s1. The summed E-state index contributed by atoms with van der Waals surface area (Å²) in [7, 11) is 1.85. The monoisotopic (exact) mass is 297 g/mol. The summed E-state index contributed by atoms with van der Waals surface area (Å²) in [6.45, 7) is 1.88. The molecule has 1 aromatic carbocycles. The van der Waals surface area contributed by atoms with Gasteiger partial charge in [-0.1, -0.05) is 30.3 Å². The van der Waals surface area contributed by atoms with E-state index in [1.54, 1.807) is 10.9 Å². The molecular weight excluding hydrogens is 278 g/mol. The van der Waals surface area contributed by atoms with E-state index in [1.807, 2.05) is 32.2 Å². The minimum absolute atomic E-state index is 0.0275. The van der Waals surface area contributed by atoms with E-state index in [4.69, 9.17) is 0 Å². The summed E-state index contributed by atoms with van der Waals surface area (Å²) in [6, 6.07) is 9.97. The van der Waals surface area contributed by atoms with Crippen molar-refractivity contribution in [1.82, 2.24) is 19.7 Å². The molecule has 0 aliphatic rings. The Hall–Kier alpha value is -2.47. The quantitative estimate of drug-likeness (QED) is 0.749. The van der Waals surface area contributed by atoms with Crippen LogP contribution < -0.4 is 5.32 Å². The molecule has 114 valence electrons. The van der Waals surface area contributed by atoms with Crippen molar-refractivity contribution in [2.75, 3.05) is 11.9 Å². The van der Waals surface area contributed by atoms with Crippen molar-refractivity contribution in [3.8, 4) is 0 Å². The third-order valence-electron chi connectivity index (χ3n) is 3.59. The Morgan fingerprint density at radius 3 is 2.73 bits per heavy atom. The van der Waals surface area contributed by atoms with Crippen molar-refractivity contribution in [3.05, 3.63) is 47.9 Å². The van der Waals surface area contributed by atoms with Crippen LogP contribution in [0.1, 0.15) is 11.4 Å². The number of aromatic nitrogens is 4. The zero-order chi connectivity index (χ0) is 15.5. The van der Waals surface area contributed by atoms with E-state index in [1.165, 1.54) is 5.56 Å². The molecule has 22 heavy (non-hydrogen) atoms. The van der Waals surface area contributed by atoms with Gasteiger partial charge in [0, 0.05) is 7.05 Å². The normalized spacial score (nSPS) is 12.5. The van der Waals surface area contributed by atoms with E-state index >= 15 is 0 Å². The van der Waals surface area contributed by atoms with Crippen molar-refractivity contribution in [2.45, 2.75) is 19.4 Å². The van der Waals surface area contributed by atoms with Crippen LogP contribution in [0.2, 0.25) is 0 Å². The molecule has 2 aromatic heterocycles. The zero-order valence-corrected chi connectivity index (χ0v) is 12.7. The first-order valence-electron chi connectivity index (χ1n) is 7.25. The Kier molecular flexibility index (Phi) is 4.02. The summed E-state index contributed by atoms with van der Waals surface area (Å²) >= 11 is 0. The predicted octanol–water partition coefficient (Wildman–Crippen LogP) is 1.69. The van der Waals surface area contributed by atoms with Gasteiger partial charge in [-0.15, -0.1) is 0 Å². The fraction of sp³-hybridized carbons (Fsp3) is 0.312. The molecular formula is C16H19N5O. The summed E-state index contributed by atoms with van der Waals surface area (Å²) < 4.78 is 1.72. The molecule has 2 heterocycles. The van der Waals surface area contributed by atoms with E-state index in [2.05, 4.69) is 32.5 Å².